The largest absolute Gasteiger partial charge is 0.481 e. The number of benzene rings is 1. The normalized spacial score (nSPS) is 13.5. The fourth-order valence-electron chi connectivity index (χ4n) is 1.49. The van der Waals surface area contributed by atoms with Gasteiger partial charge in [-0.1, -0.05) is 28.1 Å². The molecule has 1 aromatic carbocycles. The predicted octanol–water partition coefficient (Wildman–Crippen LogP) is 3.88. The van der Waals surface area contributed by atoms with Crippen LogP contribution in [-0.2, 0) is 4.79 Å². The van der Waals surface area contributed by atoms with E-state index >= 15 is 0 Å². The minimum absolute atomic E-state index is 0.0505. The summed E-state index contributed by atoms with van der Waals surface area (Å²) in [5.74, 6) is -3.46. The molecule has 0 amide bonds. The summed E-state index contributed by atoms with van der Waals surface area (Å²) in [7, 11) is 0. The summed E-state index contributed by atoms with van der Waals surface area (Å²) in [6.45, 7) is 1.74. The fraction of sp³-hybridized carbons (Fsp3) is 0.364. The first kappa shape index (κ1) is 14.0. The van der Waals surface area contributed by atoms with Gasteiger partial charge in [0.1, 0.15) is 0 Å². The van der Waals surface area contributed by atoms with Crippen molar-refractivity contribution in [3.05, 3.63) is 33.8 Å². The number of carboxylic acid groups (broad SMARTS) is 1. The van der Waals surface area contributed by atoms with Crippen LogP contribution in [0.3, 0.4) is 0 Å². The van der Waals surface area contributed by atoms with E-state index in [4.69, 9.17) is 5.11 Å². The lowest BCUT2D eigenvalue weighted by Crippen LogP contribution is -2.24. The lowest BCUT2D eigenvalue weighted by molar-refractivity contribution is -0.163. The molecule has 0 saturated carbocycles. The van der Waals surface area contributed by atoms with Crippen molar-refractivity contribution in [2.75, 3.05) is 0 Å². The van der Waals surface area contributed by atoms with Gasteiger partial charge < -0.3 is 5.11 Å². The lowest BCUT2D eigenvalue weighted by atomic mass is 9.94. The minimum atomic E-state index is -4.57. The van der Waals surface area contributed by atoms with Gasteiger partial charge >= 0.3 is 12.1 Å². The van der Waals surface area contributed by atoms with E-state index in [2.05, 4.69) is 15.9 Å². The third-order valence-corrected chi connectivity index (χ3v) is 2.99. The van der Waals surface area contributed by atoms with Crippen LogP contribution >= 0.6 is 15.9 Å². The van der Waals surface area contributed by atoms with Crippen molar-refractivity contribution in [3.63, 3.8) is 0 Å². The summed E-state index contributed by atoms with van der Waals surface area (Å²) in [6.07, 6.45) is -5.54. The number of aryl methyl sites for hydroxylation is 1. The van der Waals surface area contributed by atoms with Gasteiger partial charge in [-0.2, -0.15) is 13.2 Å². The maximum absolute atomic E-state index is 12.8. The Balaban J connectivity index is 3.17. The first-order valence-electron chi connectivity index (χ1n) is 4.76. The molecule has 0 aliphatic carbocycles. The highest BCUT2D eigenvalue weighted by molar-refractivity contribution is 9.10. The summed E-state index contributed by atoms with van der Waals surface area (Å²) in [4.78, 5) is 10.5. The van der Waals surface area contributed by atoms with Crippen molar-refractivity contribution < 1.29 is 23.1 Å². The molecule has 0 saturated heterocycles. The van der Waals surface area contributed by atoms with Crippen molar-refractivity contribution in [2.24, 2.45) is 0 Å². The molecule has 1 N–H and O–H groups in total. The number of aliphatic carboxylic acids is 1. The summed E-state index contributed by atoms with van der Waals surface area (Å²) in [6, 6.07) is 4.37. The standard InChI is InChI=1S/C11H10BrF3O2/c1-6-2-3-7(9(12)4-6)8(5-10(16)17)11(13,14)15/h2-4,8H,5H2,1H3,(H,16,17). The summed E-state index contributed by atoms with van der Waals surface area (Å²) < 4.78 is 38.6. The second-order valence-electron chi connectivity index (χ2n) is 3.72. The van der Waals surface area contributed by atoms with Crippen LogP contribution in [0.1, 0.15) is 23.5 Å². The van der Waals surface area contributed by atoms with Gasteiger partial charge in [0.25, 0.3) is 0 Å². The van der Waals surface area contributed by atoms with Crippen molar-refractivity contribution in [1.29, 1.82) is 0 Å². The smallest absolute Gasteiger partial charge is 0.396 e. The van der Waals surface area contributed by atoms with Gasteiger partial charge in [0.15, 0.2) is 0 Å². The minimum Gasteiger partial charge on any atom is -0.481 e. The Hall–Kier alpha value is -1.04. The second kappa shape index (κ2) is 5.08. The number of hydrogen-bond donors (Lipinski definition) is 1. The molecular formula is C11H10BrF3O2. The number of hydrogen-bond acceptors (Lipinski definition) is 1. The number of carbonyl (C=O) groups is 1. The maximum Gasteiger partial charge on any atom is 0.396 e. The topological polar surface area (TPSA) is 37.3 Å². The molecule has 94 valence electrons. The van der Waals surface area contributed by atoms with E-state index in [1.807, 2.05) is 0 Å². The van der Waals surface area contributed by atoms with Gasteiger partial charge in [-0.3, -0.25) is 4.79 Å². The zero-order valence-corrected chi connectivity index (χ0v) is 10.5. The Kier molecular flexibility index (Phi) is 4.19. The van der Waals surface area contributed by atoms with Gasteiger partial charge in [-0.05, 0) is 24.1 Å². The third-order valence-electron chi connectivity index (χ3n) is 2.31. The first-order chi connectivity index (χ1) is 7.71. The molecule has 1 aromatic rings. The number of carboxylic acids is 1. The van der Waals surface area contributed by atoms with E-state index in [0.717, 1.165) is 5.56 Å². The second-order valence-corrected chi connectivity index (χ2v) is 4.57. The van der Waals surface area contributed by atoms with Crippen LogP contribution in [0.4, 0.5) is 13.2 Å². The van der Waals surface area contributed by atoms with E-state index in [0.29, 0.717) is 0 Å². The van der Waals surface area contributed by atoms with Crippen LogP contribution in [0.5, 0.6) is 0 Å². The monoisotopic (exact) mass is 310 g/mol. The number of rotatable bonds is 3. The Morgan fingerprint density at radius 1 is 1.47 bits per heavy atom. The van der Waals surface area contributed by atoms with E-state index in [9.17, 15) is 18.0 Å². The van der Waals surface area contributed by atoms with E-state index in [1.54, 1.807) is 6.92 Å². The average Bonchev–Trinajstić information content (AvgIpc) is 2.13. The summed E-state index contributed by atoms with van der Waals surface area (Å²) in [5, 5.41) is 8.54. The molecule has 2 nitrogen and oxygen atoms in total. The zero-order chi connectivity index (χ0) is 13.2. The Morgan fingerprint density at radius 2 is 2.06 bits per heavy atom. The van der Waals surface area contributed by atoms with Crippen LogP contribution < -0.4 is 0 Å². The lowest BCUT2D eigenvalue weighted by Gasteiger charge is -2.20. The third kappa shape index (κ3) is 3.73. The van der Waals surface area contributed by atoms with Crippen molar-refractivity contribution >= 4 is 21.9 Å². The Bertz CT molecular complexity index is 429. The van der Waals surface area contributed by atoms with Gasteiger partial charge in [0, 0.05) is 4.47 Å². The van der Waals surface area contributed by atoms with E-state index in [1.165, 1.54) is 18.2 Å². The van der Waals surface area contributed by atoms with Crippen LogP contribution in [0.2, 0.25) is 0 Å². The molecule has 1 rings (SSSR count). The predicted molar refractivity (Wildman–Crippen MR) is 59.9 cm³/mol. The zero-order valence-electron chi connectivity index (χ0n) is 8.88. The molecule has 0 heterocycles. The van der Waals surface area contributed by atoms with Crippen molar-refractivity contribution in [1.82, 2.24) is 0 Å². The molecule has 0 radical (unpaired) electrons. The molecule has 0 spiro atoms. The molecule has 0 aromatic heterocycles. The van der Waals surface area contributed by atoms with Gasteiger partial charge in [-0.15, -0.1) is 0 Å². The van der Waals surface area contributed by atoms with Gasteiger partial charge in [-0.25, -0.2) is 0 Å². The van der Waals surface area contributed by atoms with Crippen molar-refractivity contribution in [3.8, 4) is 0 Å². The van der Waals surface area contributed by atoms with Crippen molar-refractivity contribution in [2.45, 2.75) is 25.4 Å². The average molecular weight is 311 g/mol. The maximum atomic E-state index is 12.8. The van der Waals surface area contributed by atoms with Crippen LogP contribution in [0, 0.1) is 6.92 Å². The molecule has 0 fully saturated rings. The van der Waals surface area contributed by atoms with Crippen LogP contribution in [0.25, 0.3) is 0 Å². The molecule has 0 aliphatic rings. The van der Waals surface area contributed by atoms with E-state index in [-0.39, 0.29) is 10.0 Å². The van der Waals surface area contributed by atoms with Crippen LogP contribution in [-0.4, -0.2) is 17.3 Å². The molecule has 0 bridgehead atoms. The summed E-state index contributed by atoms with van der Waals surface area (Å²) >= 11 is 3.04. The Labute approximate surface area is 105 Å². The molecule has 17 heavy (non-hydrogen) atoms. The SMILES string of the molecule is Cc1ccc(C(CC(=O)O)C(F)(F)F)c(Br)c1. The molecule has 1 unspecified atom stereocenters. The van der Waals surface area contributed by atoms with Gasteiger partial charge in [0.05, 0.1) is 12.3 Å². The number of halogens is 4. The quantitative estimate of drug-likeness (QED) is 0.920. The first-order valence-corrected chi connectivity index (χ1v) is 5.55. The fourth-order valence-corrected chi connectivity index (χ4v) is 2.26. The van der Waals surface area contributed by atoms with E-state index < -0.39 is 24.5 Å². The Morgan fingerprint density at radius 3 is 2.47 bits per heavy atom. The molecule has 6 heteroatoms. The number of alkyl halides is 3. The molecule has 1 atom stereocenters. The van der Waals surface area contributed by atoms with Crippen LogP contribution in [0.15, 0.2) is 22.7 Å². The highest BCUT2D eigenvalue weighted by atomic mass is 79.9. The summed E-state index contributed by atoms with van der Waals surface area (Å²) in [5.41, 5.74) is 0.752. The molecule has 0 aliphatic heterocycles. The highest BCUT2D eigenvalue weighted by Gasteiger charge is 2.42. The highest BCUT2D eigenvalue weighted by Crippen LogP contribution is 2.40. The molecular weight excluding hydrogens is 301 g/mol. The van der Waals surface area contributed by atoms with Gasteiger partial charge in [0.2, 0.25) is 0 Å².